The Morgan fingerprint density at radius 2 is 2.00 bits per heavy atom. The first-order valence-electron chi connectivity index (χ1n) is 8.10. The predicted octanol–water partition coefficient (Wildman–Crippen LogP) is 2.83. The first-order valence-corrected chi connectivity index (χ1v) is 8.10. The second kappa shape index (κ2) is 7.43. The van der Waals surface area contributed by atoms with E-state index in [4.69, 9.17) is 9.47 Å². The molecular weight excluding hydrogens is 339 g/mol. The third-order valence-electron chi connectivity index (χ3n) is 4.27. The lowest BCUT2D eigenvalue weighted by Gasteiger charge is -2.20. The van der Waals surface area contributed by atoms with Crippen molar-refractivity contribution in [3.05, 3.63) is 48.3 Å². The molecule has 0 bridgehead atoms. The molecule has 0 unspecified atom stereocenters. The summed E-state index contributed by atoms with van der Waals surface area (Å²) in [6.07, 6.45) is 0.0797. The van der Waals surface area contributed by atoms with E-state index in [0.29, 0.717) is 22.9 Å². The number of carbonyl (C=O) groups is 2. The van der Waals surface area contributed by atoms with Crippen LogP contribution in [-0.2, 0) is 9.59 Å². The summed E-state index contributed by atoms with van der Waals surface area (Å²) in [5, 5.41) is 2.66. The van der Waals surface area contributed by atoms with Gasteiger partial charge in [0, 0.05) is 24.7 Å². The molecular formula is C19H19FN2O4. The van der Waals surface area contributed by atoms with E-state index in [2.05, 4.69) is 5.32 Å². The lowest BCUT2D eigenvalue weighted by atomic mass is 10.1. The van der Waals surface area contributed by atoms with Gasteiger partial charge in [0.1, 0.15) is 17.3 Å². The summed E-state index contributed by atoms with van der Waals surface area (Å²) in [4.78, 5) is 26.4. The summed E-state index contributed by atoms with van der Waals surface area (Å²) in [6, 6.07) is 10.8. The van der Waals surface area contributed by atoms with E-state index < -0.39 is 11.7 Å². The Morgan fingerprint density at radius 1 is 1.19 bits per heavy atom. The number of ether oxygens (including phenoxy) is 2. The van der Waals surface area contributed by atoms with E-state index in [9.17, 15) is 14.0 Å². The number of hydrogen-bond donors (Lipinski definition) is 1. The molecule has 1 fully saturated rings. The van der Waals surface area contributed by atoms with Crippen molar-refractivity contribution in [2.24, 2.45) is 5.92 Å². The SMILES string of the molecule is COc1ccc(N2C[C@H](C(=O)Nc3cccc(F)c3)CC2=O)c(OC)c1. The maximum Gasteiger partial charge on any atom is 0.229 e. The highest BCUT2D eigenvalue weighted by Gasteiger charge is 2.36. The topological polar surface area (TPSA) is 67.9 Å². The molecule has 2 aromatic carbocycles. The Labute approximate surface area is 150 Å². The van der Waals surface area contributed by atoms with Crippen LogP contribution in [0.1, 0.15) is 6.42 Å². The molecule has 1 saturated heterocycles. The fraction of sp³-hybridized carbons (Fsp3) is 0.263. The van der Waals surface area contributed by atoms with Crippen molar-refractivity contribution >= 4 is 23.2 Å². The number of hydrogen-bond acceptors (Lipinski definition) is 4. The van der Waals surface area contributed by atoms with Crippen LogP contribution in [-0.4, -0.2) is 32.6 Å². The van der Waals surface area contributed by atoms with Gasteiger partial charge in [-0.05, 0) is 30.3 Å². The minimum Gasteiger partial charge on any atom is -0.497 e. The zero-order chi connectivity index (χ0) is 18.7. The quantitative estimate of drug-likeness (QED) is 0.892. The number of carbonyl (C=O) groups excluding carboxylic acids is 2. The van der Waals surface area contributed by atoms with Gasteiger partial charge in [-0.2, -0.15) is 0 Å². The van der Waals surface area contributed by atoms with Crippen molar-refractivity contribution in [3.63, 3.8) is 0 Å². The van der Waals surface area contributed by atoms with Crippen molar-refractivity contribution in [2.45, 2.75) is 6.42 Å². The van der Waals surface area contributed by atoms with Gasteiger partial charge in [-0.25, -0.2) is 4.39 Å². The molecule has 1 atom stereocenters. The normalized spacial score (nSPS) is 16.5. The zero-order valence-electron chi connectivity index (χ0n) is 14.5. The maximum atomic E-state index is 13.2. The maximum absolute atomic E-state index is 13.2. The third-order valence-corrected chi connectivity index (χ3v) is 4.27. The summed E-state index contributed by atoms with van der Waals surface area (Å²) >= 11 is 0. The molecule has 7 heteroatoms. The van der Waals surface area contributed by atoms with E-state index in [1.165, 1.54) is 30.2 Å². The highest BCUT2D eigenvalue weighted by molar-refractivity contribution is 6.04. The zero-order valence-corrected chi connectivity index (χ0v) is 14.5. The van der Waals surface area contributed by atoms with Crippen LogP contribution >= 0.6 is 0 Å². The van der Waals surface area contributed by atoms with Crippen molar-refractivity contribution < 1.29 is 23.5 Å². The van der Waals surface area contributed by atoms with Gasteiger partial charge < -0.3 is 19.7 Å². The molecule has 0 radical (unpaired) electrons. The molecule has 6 nitrogen and oxygen atoms in total. The van der Waals surface area contributed by atoms with Crippen LogP contribution in [0.25, 0.3) is 0 Å². The molecule has 0 spiro atoms. The average molecular weight is 358 g/mol. The van der Waals surface area contributed by atoms with Crippen molar-refractivity contribution in [2.75, 3.05) is 31.0 Å². The van der Waals surface area contributed by atoms with E-state index in [-0.39, 0.29) is 24.8 Å². The van der Waals surface area contributed by atoms with Crippen LogP contribution in [0.15, 0.2) is 42.5 Å². The van der Waals surface area contributed by atoms with Crippen molar-refractivity contribution in [1.82, 2.24) is 0 Å². The summed E-state index contributed by atoms with van der Waals surface area (Å²) in [5.74, 6) is -0.360. The minimum absolute atomic E-state index is 0.0797. The van der Waals surface area contributed by atoms with Crippen LogP contribution in [0.4, 0.5) is 15.8 Å². The monoisotopic (exact) mass is 358 g/mol. The molecule has 3 rings (SSSR count). The number of methoxy groups -OCH3 is 2. The van der Waals surface area contributed by atoms with Crippen LogP contribution in [0.3, 0.4) is 0 Å². The fourth-order valence-corrected chi connectivity index (χ4v) is 2.93. The second-order valence-corrected chi connectivity index (χ2v) is 5.94. The fourth-order valence-electron chi connectivity index (χ4n) is 2.93. The molecule has 1 aliphatic rings. The highest BCUT2D eigenvalue weighted by atomic mass is 19.1. The lowest BCUT2D eigenvalue weighted by molar-refractivity contribution is -0.122. The Kier molecular flexibility index (Phi) is 5.06. The Bertz CT molecular complexity index is 840. The predicted molar refractivity (Wildman–Crippen MR) is 95.0 cm³/mol. The largest absolute Gasteiger partial charge is 0.497 e. The summed E-state index contributed by atoms with van der Waals surface area (Å²) in [6.45, 7) is 0.225. The van der Waals surface area contributed by atoms with Crippen LogP contribution in [0.2, 0.25) is 0 Å². The summed E-state index contributed by atoms with van der Waals surface area (Å²) in [5.41, 5.74) is 0.947. The van der Waals surface area contributed by atoms with Gasteiger partial charge in [0.2, 0.25) is 11.8 Å². The van der Waals surface area contributed by atoms with Crippen LogP contribution in [0, 0.1) is 11.7 Å². The molecule has 2 aromatic rings. The van der Waals surface area contributed by atoms with Crippen LogP contribution < -0.4 is 19.7 Å². The van der Waals surface area contributed by atoms with Gasteiger partial charge in [0.05, 0.1) is 25.8 Å². The molecule has 1 aliphatic heterocycles. The van der Waals surface area contributed by atoms with Crippen molar-refractivity contribution in [3.8, 4) is 11.5 Å². The number of nitrogens with one attached hydrogen (secondary N) is 1. The van der Waals surface area contributed by atoms with Gasteiger partial charge in [-0.1, -0.05) is 6.07 Å². The number of anilines is 2. The summed E-state index contributed by atoms with van der Waals surface area (Å²) in [7, 11) is 3.05. The van der Waals surface area contributed by atoms with Gasteiger partial charge in [0.15, 0.2) is 0 Å². The molecule has 26 heavy (non-hydrogen) atoms. The second-order valence-electron chi connectivity index (χ2n) is 5.94. The molecule has 1 heterocycles. The first-order chi connectivity index (χ1) is 12.5. The van der Waals surface area contributed by atoms with Gasteiger partial charge >= 0.3 is 0 Å². The van der Waals surface area contributed by atoms with Crippen LogP contribution in [0.5, 0.6) is 11.5 Å². The Balaban J connectivity index is 1.75. The van der Waals surface area contributed by atoms with E-state index in [1.807, 2.05) is 0 Å². The van der Waals surface area contributed by atoms with Gasteiger partial charge in [-0.15, -0.1) is 0 Å². The number of nitrogens with zero attached hydrogens (tertiary/aromatic N) is 1. The number of amides is 2. The first kappa shape index (κ1) is 17.7. The number of halogens is 1. The molecule has 2 amide bonds. The molecule has 0 saturated carbocycles. The minimum atomic E-state index is -0.530. The molecule has 136 valence electrons. The molecule has 0 aliphatic carbocycles. The highest BCUT2D eigenvalue weighted by Crippen LogP contribution is 2.36. The van der Waals surface area contributed by atoms with E-state index in [0.717, 1.165) is 0 Å². The van der Waals surface area contributed by atoms with E-state index >= 15 is 0 Å². The molecule has 0 aromatic heterocycles. The summed E-state index contributed by atoms with van der Waals surface area (Å²) < 4.78 is 23.7. The Hall–Kier alpha value is -3.09. The smallest absolute Gasteiger partial charge is 0.229 e. The van der Waals surface area contributed by atoms with Crippen molar-refractivity contribution in [1.29, 1.82) is 0 Å². The van der Waals surface area contributed by atoms with Gasteiger partial charge in [-0.3, -0.25) is 9.59 Å². The lowest BCUT2D eigenvalue weighted by Crippen LogP contribution is -2.28. The molecule has 1 N–H and O–H groups in total. The number of rotatable bonds is 5. The standard InChI is InChI=1S/C19H19FN2O4/c1-25-15-6-7-16(17(10-15)26-2)22-11-12(8-18(22)23)19(24)21-14-5-3-4-13(20)9-14/h3-7,9-10,12H,8,11H2,1-2H3,(H,21,24)/t12-/m1/s1. The number of benzene rings is 2. The Morgan fingerprint density at radius 3 is 2.69 bits per heavy atom. The van der Waals surface area contributed by atoms with E-state index in [1.54, 1.807) is 31.4 Å². The van der Waals surface area contributed by atoms with Gasteiger partial charge in [0.25, 0.3) is 0 Å². The average Bonchev–Trinajstić information content (AvgIpc) is 3.03. The third kappa shape index (κ3) is 3.61.